The second-order valence-electron chi connectivity index (χ2n) is 5.97. The van der Waals surface area contributed by atoms with Gasteiger partial charge in [-0.05, 0) is 13.0 Å². The number of hydrazone groups is 1. The zero-order valence-electron chi connectivity index (χ0n) is 13.7. The van der Waals surface area contributed by atoms with Crippen LogP contribution in [0, 0.1) is 15.5 Å². The maximum Gasteiger partial charge on any atom is 0.283 e. The molecular weight excluding hydrogens is 334 g/mol. The zero-order valence-corrected chi connectivity index (χ0v) is 14.5. The lowest BCUT2D eigenvalue weighted by Crippen LogP contribution is -2.39. The highest BCUT2D eigenvalue weighted by Crippen LogP contribution is 2.22. The molecule has 10 heteroatoms. The van der Waals surface area contributed by atoms with Gasteiger partial charge in [-0.2, -0.15) is 13.5 Å². The van der Waals surface area contributed by atoms with Crippen molar-refractivity contribution in [2.75, 3.05) is 13.1 Å². The molecule has 0 saturated carbocycles. The van der Waals surface area contributed by atoms with Crippen molar-refractivity contribution in [3.63, 3.8) is 0 Å². The minimum absolute atomic E-state index is 0.111. The Balaban J connectivity index is 2.21. The summed E-state index contributed by atoms with van der Waals surface area (Å²) in [6.07, 6.45) is 2.96. The maximum absolute atomic E-state index is 12.3. The number of hydrogen-bond donors (Lipinski definition) is 0. The smallest absolute Gasteiger partial charge is 0.258 e. The van der Waals surface area contributed by atoms with Gasteiger partial charge in [0.15, 0.2) is 0 Å². The third-order valence-electron chi connectivity index (χ3n) is 3.36. The van der Waals surface area contributed by atoms with Crippen molar-refractivity contribution < 1.29 is 13.3 Å². The van der Waals surface area contributed by atoms with Crippen LogP contribution in [0.4, 0.5) is 5.69 Å². The van der Waals surface area contributed by atoms with Gasteiger partial charge in [-0.3, -0.25) is 15.1 Å². The minimum atomic E-state index is -4.03. The first-order valence-electron chi connectivity index (χ1n) is 7.29. The standard InChI is InChI=1S/C14H19N5O4S/c1-4-17(18-10-14(2,3)9-15-18)11-16-24(22,23)13-7-5-6-12(8-13)19(20)21/h5-9,11H,4,10H2,1-3H3. The summed E-state index contributed by atoms with van der Waals surface area (Å²) in [7, 11) is -4.03. The number of benzene rings is 1. The molecule has 0 fully saturated rings. The van der Waals surface area contributed by atoms with Gasteiger partial charge in [-0.15, -0.1) is 4.40 Å². The molecule has 0 radical (unpaired) electrons. The lowest BCUT2D eigenvalue weighted by Gasteiger charge is -2.28. The number of rotatable bonds is 6. The zero-order chi connectivity index (χ0) is 18.0. The predicted molar refractivity (Wildman–Crippen MR) is 90.1 cm³/mol. The molecule has 0 bridgehead atoms. The highest BCUT2D eigenvalue weighted by Gasteiger charge is 2.27. The van der Waals surface area contributed by atoms with Gasteiger partial charge >= 0.3 is 0 Å². The molecule has 0 saturated heterocycles. The molecule has 130 valence electrons. The number of sulfonamides is 1. The summed E-state index contributed by atoms with van der Waals surface area (Å²) in [6.45, 7) is 6.95. The number of nitrogens with zero attached hydrogens (tertiary/aromatic N) is 5. The largest absolute Gasteiger partial charge is 0.283 e. The Morgan fingerprint density at radius 1 is 1.50 bits per heavy atom. The minimum Gasteiger partial charge on any atom is -0.258 e. The second kappa shape index (κ2) is 6.56. The predicted octanol–water partition coefficient (Wildman–Crippen LogP) is 1.88. The summed E-state index contributed by atoms with van der Waals surface area (Å²) < 4.78 is 28.2. The molecule has 24 heavy (non-hydrogen) atoms. The van der Waals surface area contributed by atoms with Crippen molar-refractivity contribution in [3.8, 4) is 0 Å². The number of hydrazine groups is 1. The van der Waals surface area contributed by atoms with E-state index in [9.17, 15) is 18.5 Å². The number of nitro benzene ring substituents is 1. The van der Waals surface area contributed by atoms with Crippen LogP contribution in [-0.4, -0.2) is 49.1 Å². The maximum atomic E-state index is 12.3. The molecule has 2 rings (SSSR count). The molecule has 9 nitrogen and oxygen atoms in total. The number of nitro groups is 1. The van der Waals surface area contributed by atoms with Crippen LogP contribution < -0.4 is 0 Å². The first-order valence-corrected chi connectivity index (χ1v) is 8.73. The number of hydrogen-bond acceptors (Lipinski definition) is 6. The summed E-state index contributed by atoms with van der Waals surface area (Å²) in [5.74, 6) is 0. The van der Waals surface area contributed by atoms with E-state index in [1.165, 1.54) is 24.5 Å². The summed E-state index contributed by atoms with van der Waals surface area (Å²) >= 11 is 0. The van der Waals surface area contributed by atoms with Gasteiger partial charge in [0, 0.05) is 30.3 Å². The quantitative estimate of drug-likeness (QED) is 0.334. The number of non-ortho nitro benzene ring substituents is 1. The van der Waals surface area contributed by atoms with Crippen LogP contribution in [0.2, 0.25) is 0 Å². The first-order chi connectivity index (χ1) is 11.1. The van der Waals surface area contributed by atoms with Gasteiger partial charge in [0.1, 0.15) is 6.34 Å². The van der Waals surface area contributed by atoms with Gasteiger partial charge < -0.3 is 0 Å². The lowest BCUT2D eigenvalue weighted by molar-refractivity contribution is -0.385. The van der Waals surface area contributed by atoms with E-state index in [1.54, 1.807) is 16.3 Å². The molecule has 0 amide bonds. The van der Waals surface area contributed by atoms with Crippen LogP contribution in [0.25, 0.3) is 0 Å². The third-order valence-corrected chi connectivity index (χ3v) is 4.58. The van der Waals surface area contributed by atoms with Gasteiger partial charge in [0.05, 0.1) is 16.4 Å². The average molecular weight is 353 g/mol. The summed E-state index contributed by atoms with van der Waals surface area (Å²) in [4.78, 5) is 9.89. The van der Waals surface area contributed by atoms with Crippen molar-refractivity contribution in [1.82, 2.24) is 10.1 Å². The Labute approximate surface area is 140 Å². The Kier molecular flexibility index (Phi) is 4.88. The van der Waals surface area contributed by atoms with Crippen LogP contribution in [0.1, 0.15) is 20.8 Å². The SMILES string of the molecule is CCN(C=NS(=O)(=O)c1cccc([N+](=O)[O-])c1)N1CC(C)(C)C=N1. The molecule has 0 aliphatic carbocycles. The molecule has 0 atom stereocenters. The lowest BCUT2D eigenvalue weighted by atomic mass is 9.97. The van der Waals surface area contributed by atoms with Crippen molar-refractivity contribution in [3.05, 3.63) is 34.4 Å². The van der Waals surface area contributed by atoms with Crippen LogP contribution in [0.5, 0.6) is 0 Å². The molecule has 1 heterocycles. The summed E-state index contributed by atoms with van der Waals surface area (Å²) in [5, 5.41) is 18.2. The fraction of sp³-hybridized carbons (Fsp3) is 0.429. The van der Waals surface area contributed by atoms with Crippen molar-refractivity contribution in [2.24, 2.45) is 14.9 Å². The van der Waals surface area contributed by atoms with Gasteiger partial charge in [-0.25, -0.2) is 5.12 Å². The molecule has 1 aromatic carbocycles. The highest BCUT2D eigenvalue weighted by atomic mass is 32.2. The topological polar surface area (TPSA) is 108 Å². The van der Waals surface area contributed by atoms with E-state index in [2.05, 4.69) is 9.50 Å². The highest BCUT2D eigenvalue weighted by molar-refractivity contribution is 7.90. The van der Waals surface area contributed by atoms with E-state index >= 15 is 0 Å². The Hall–Kier alpha value is -2.49. The fourth-order valence-electron chi connectivity index (χ4n) is 2.07. The van der Waals surface area contributed by atoms with Crippen LogP contribution in [0.3, 0.4) is 0 Å². The average Bonchev–Trinajstić information content (AvgIpc) is 2.88. The normalized spacial score (nSPS) is 16.7. The molecule has 0 N–H and O–H groups in total. The molecule has 1 aromatic rings. The Morgan fingerprint density at radius 3 is 2.75 bits per heavy atom. The monoisotopic (exact) mass is 353 g/mol. The van der Waals surface area contributed by atoms with E-state index in [-0.39, 0.29) is 16.0 Å². The van der Waals surface area contributed by atoms with E-state index in [0.717, 1.165) is 6.07 Å². The Bertz CT molecular complexity index is 788. The molecule has 0 aromatic heterocycles. The second-order valence-corrected chi connectivity index (χ2v) is 7.60. The fourth-order valence-corrected chi connectivity index (χ4v) is 2.94. The van der Waals surface area contributed by atoms with Crippen molar-refractivity contribution in [2.45, 2.75) is 25.7 Å². The molecular formula is C14H19N5O4S. The third kappa shape index (κ3) is 4.07. The molecule has 1 aliphatic heterocycles. The summed E-state index contributed by atoms with van der Waals surface area (Å²) in [5.41, 5.74) is -0.412. The van der Waals surface area contributed by atoms with Crippen LogP contribution >= 0.6 is 0 Å². The van der Waals surface area contributed by atoms with Crippen LogP contribution in [0.15, 0.2) is 38.7 Å². The van der Waals surface area contributed by atoms with Crippen molar-refractivity contribution in [1.29, 1.82) is 0 Å². The van der Waals surface area contributed by atoms with Crippen molar-refractivity contribution >= 4 is 28.3 Å². The van der Waals surface area contributed by atoms with E-state index in [4.69, 9.17) is 0 Å². The summed E-state index contributed by atoms with van der Waals surface area (Å²) in [6, 6.07) is 4.79. The van der Waals surface area contributed by atoms with Gasteiger partial charge in [0.25, 0.3) is 15.7 Å². The molecule has 0 unspecified atom stereocenters. The molecule has 1 aliphatic rings. The van der Waals surface area contributed by atoms with Gasteiger partial charge in [0.2, 0.25) is 0 Å². The van der Waals surface area contributed by atoms with Crippen LogP contribution in [-0.2, 0) is 10.0 Å². The van der Waals surface area contributed by atoms with E-state index < -0.39 is 14.9 Å². The first kappa shape index (κ1) is 17.9. The van der Waals surface area contributed by atoms with Gasteiger partial charge in [-0.1, -0.05) is 19.9 Å². The van der Waals surface area contributed by atoms with E-state index in [0.29, 0.717) is 13.1 Å². The van der Waals surface area contributed by atoms with E-state index in [1.807, 2.05) is 20.8 Å². The Morgan fingerprint density at radius 2 is 2.21 bits per heavy atom. The molecule has 0 spiro atoms.